The van der Waals surface area contributed by atoms with Crippen molar-refractivity contribution >= 4 is 5.91 Å². The SMILES string of the molecule is C=C1CC[C@H]2[C@H](CNC(=O)c3ccc4c(c3)OCO4)[C@@H]([C@@]3(C)CC[C@H](O)C[C@@H]3CO)CC[C@]12C. The third kappa shape index (κ3) is 3.83. The first-order chi connectivity index (χ1) is 16.3. The Kier molecular flexibility index (Phi) is 6.18. The van der Waals surface area contributed by atoms with Crippen LogP contribution in [0.25, 0.3) is 0 Å². The van der Waals surface area contributed by atoms with Gasteiger partial charge in [0.05, 0.1) is 6.10 Å². The quantitative estimate of drug-likeness (QED) is 0.560. The first kappa shape index (κ1) is 23.7. The number of carbonyl (C=O) groups excluding carboxylic acids is 1. The Labute approximate surface area is 202 Å². The van der Waals surface area contributed by atoms with Crippen molar-refractivity contribution in [3.63, 3.8) is 0 Å². The summed E-state index contributed by atoms with van der Waals surface area (Å²) in [5.41, 5.74) is 2.00. The predicted molar refractivity (Wildman–Crippen MR) is 130 cm³/mol. The number of hydrogen-bond acceptors (Lipinski definition) is 5. The molecule has 3 aliphatic carbocycles. The summed E-state index contributed by atoms with van der Waals surface area (Å²) in [6.07, 6.45) is 6.39. The Morgan fingerprint density at radius 1 is 1.15 bits per heavy atom. The van der Waals surface area contributed by atoms with Crippen molar-refractivity contribution in [2.45, 2.75) is 64.9 Å². The largest absolute Gasteiger partial charge is 0.454 e. The number of aliphatic hydroxyl groups excluding tert-OH is 2. The molecule has 3 N–H and O–H groups in total. The molecule has 5 rings (SSSR count). The topological polar surface area (TPSA) is 88.0 Å². The molecule has 186 valence electrons. The highest BCUT2D eigenvalue weighted by Gasteiger charge is 2.56. The van der Waals surface area contributed by atoms with E-state index in [0.29, 0.717) is 47.8 Å². The number of allylic oxidation sites excluding steroid dienone is 1. The number of benzene rings is 1. The minimum absolute atomic E-state index is 0.0482. The van der Waals surface area contributed by atoms with Crippen LogP contribution in [0.4, 0.5) is 0 Å². The first-order valence-electron chi connectivity index (χ1n) is 12.9. The third-order valence-electron chi connectivity index (χ3n) is 10.1. The molecular formula is C28H39NO5. The Morgan fingerprint density at radius 3 is 2.74 bits per heavy atom. The summed E-state index contributed by atoms with van der Waals surface area (Å²) in [6.45, 7) is 10.0. The van der Waals surface area contributed by atoms with Gasteiger partial charge < -0.3 is 25.0 Å². The Morgan fingerprint density at radius 2 is 1.94 bits per heavy atom. The summed E-state index contributed by atoms with van der Waals surface area (Å²) in [4.78, 5) is 13.2. The lowest BCUT2D eigenvalue weighted by Crippen LogP contribution is -2.53. The van der Waals surface area contributed by atoms with E-state index in [2.05, 4.69) is 25.7 Å². The summed E-state index contributed by atoms with van der Waals surface area (Å²) in [5.74, 6) is 2.45. The first-order valence-corrected chi connectivity index (χ1v) is 12.9. The van der Waals surface area contributed by atoms with Gasteiger partial charge in [-0.3, -0.25) is 4.79 Å². The van der Waals surface area contributed by atoms with E-state index in [1.54, 1.807) is 18.2 Å². The Bertz CT molecular complexity index is 962. The second-order valence-electron chi connectivity index (χ2n) is 11.6. The van der Waals surface area contributed by atoms with Crippen LogP contribution in [0.2, 0.25) is 0 Å². The monoisotopic (exact) mass is 469 g/mol. The lowest BCUT2D eigenvalue weighted by molar-refractivity contribution is -0.0928. The number of aliphatic hydroxyl groups is 2. The lowest BCUT2D eigenvalue weighted by atomic mass is 9.49. The van der Waals surface area contributed by atoms with E-state index in [4.69, 9.17) is 9.47 Å². The van der Waals surface area contributed by atoms with Crippen LogP contribution >= 0.6 is 0 Å². The zero-order chi connectivity index (χ0) is 24.1. The van der Waals surface area contributed by atoms with Crippen molar-refractivity contribution in [3.8, 4) is 11.5 Å². The molecule has 6 nitrogen and oxygen atoms in total. The van der Waals surface area contributed by atoms with Gasteiger partial charge in [0.1, 0.15) is 0 Å². The van der Waals surface area contributed by atoms with Crippen molar-refractivity contribution in [2.75, 3.05) is 19.9 Å². The van der Waals surface area contributed by atoms with E-state index in [1.165, 1.54) is 5.57 Å². The molecule has 1 aliphatic heterocycles. The van der Waals surface area contributed by atoms with Crippen LogP contribution in [-0.2, 0) is 0 Å². The van der Waals surface area contributed by atoms with Gasteiger partial charge in [-0.15, -0.1) is 0 Å². The van der Waals surface area contributed by atoms with Crippen LogP contribution in [0.5, 0.6) is 11.5 Å². The molecule has 1 aromatic rings. The molecule has 7 atom stereocenters. The molecule has 1 amide bonds. The molecule has 6 heteroatoms. The molecule has 0 bridgehead atoms. The zero-order valence-electron chi connectivity index (χ0n) is 20.5. The molecule has 0 spiro atoms. The lowest BCUT2D eigenvalue weighted by Gasteiger charge is -2.56. The van der Waals surface area contributed by atoms with Gasteiger partial charge in [-0.05, 0) is 97.6 Å². The fourth-order valence-electron chi connectivity index (χ4n) is 7.82. The fourth-order valence-corrected chi connectivity index (χ4v) is 7.82. The molecule has 0 radical (unpaired) electrons. The van der Waals surface area contributed by atoms with Gasteiger partial charge in [-0.2, -0.15) is 0 Å². The molecule has 1 heterocycles. The molecule has 3 fully saturated rings. The number of nitrogens with one attached hydrogen (secondary N) is 1. The predicted octanol–water partition coefficient (Wildman–Crippen LogP) is 4.30. The minimum atomic E-state index is -0.325. The average Bonchev–Trinajstić information content (AvgIpc) is 3.42. The van der Waals surface area contributed by atoms with Crippen molar-refractivity contribution < 1.29 is 24.5 Å². The molecular weight excluding hydrogens is 430 g/mol. The summed E-state index contributed by atoms with van der Waals surface area (Å²) >= 11 is 0. The van der Waals surface area contributed by atoms with Crippen molar-refractivity contribution in [1.82, 2.24) is 5.32 Å². The molecule has 0 saturated heterocycles. The summed E-state index contributed by atoms with van der Waals surface area (Å²) < 4.78 is 10.8. The van der Waals surface area contributed by atoms with Gasteiger partial charge >= 0.3 is 0 Å². The van der Waals surface area contributed by atoms with E-state index >= 15 is 0 Å². The second-order valence-corrected chi connectivity index (χ2v) is 11.6. The highest BCUT2D eigenvalue weighted by molar-refractivity contribution is 5.94. The maximum absolute atomic E-state index is 13.2. The molecule has 1 aromatic carbocycles. The standard InChI is InChI=1S/C28H39NO5/c1-17-4-6-22-21(14-29-26(32)18-5-7-24-25(12-18)34-16-33-24)23(9-11-27(17,22)2)28(3)10-8-20(31)13-19(28)15-30/h5,7,12,19-23,30-31H,1,4,6,8-11,13-16H2,2-3H3,(H,29,32)/t19-,20+,21+,22+,23+,27-,28+/m1/s1. The molecule has 34 heavy (non-hydrogen) atoms. The van der Waals surface area contributed by atoms with E-state index in [1.807, 2.05) is 0 Å². The van der Waals surface area contributed by atoms with Gasteiger partial charge in [0, 0.05) is 18.7 Å². The number of hydrogen-bond donors (Lipinski definition) is 3. The Balaban J connectivity index is 1.39. The molecule has 4 aliphatic rings. The maximum atomic E-state index is 13.2. The third-order valence-corrected chi connectivity index (χ3v) is 10.1. The summed E-state index contributed by atoms with van der Waals surface area (Å²) in [7, 11) is 0. The van der Waals surface area contributed by atoms with Gasteiger partial charge in [-0.25, -0.2) is 0 Å². The normalized spacial score (nSPS) is 39.1. The number of rotatable bonds is 5. The zero-order valence-corrected chi connectivity index (χ0v) is 20.5. The van der Waals surface area contributed by atoms with E-state index < -0.39 is 0 Å². The number of amides is 1. The van der Waals surface area contributed by atoms with Gasteiger partial charge in [0.15, 0.2) is 11.5 Å². The van der Waals surface area contributed by atoms with E-state index in [9.17, 15) is 15.0 Å². The van der Waals surface area contributed by atoms with E-state index in [-0.39, 0.29) is 42.2 Å². The molecule has 0 unspecified atom stereocenters. The number of carbonyl (C=O) groups is 1. The average molecular weight is 470 g/mol. The van der Waals surface area contributed by atoms with Gasteiger partial charge in [-0.1, -0.05) is 26.0 Å². The van der Waals surface area contributed by atoms with E-state index in [0.717, 1.165) is 38.5 Å². The highest BCUT2D eigenvalue weighted by atomic mass is 16.7. The maximum Gasteiger partial charge on any atom is 0.251 e. The van der Waals surface area contributed by atoms with Crippen LogP contribution in [0.15, 0.2) is 30.4 Å². The van der Waals surface area contributed by atoms with Crippen molar-refractivity contribution in [3.05, 3.63) is 35.9 Å². The van der Waals surface area contributed by atoms with Crippen LogP contribution in [0.1, 0.15) is 69.2 Å². The number of ether oxygens (including phenoxy) is 2. The highest BCUT2D eigenvalue weighted by Crippen LogP contribution is 2.63. The smallest absolute Gasteiger partial charge is 0.251 e. The summed E-state index contributed by atoms with van der Waals surface area (Å²) in [6, 6.07) is 5.33. The van der Waals surface area contributed by atoms with Crippen LogP contribution in [0.3, 0.4) is 0 Å². The summed E-state index contributed by atoms with van der Waals surface area (Å²) in [5, 5.41) is 23.8. The Hall–Kier alpha value is -2.05. The number of fused-ring (bicyclic) bond motifs is 2. The van der Waals surface area contributed by atoms with Crippen molar-refractivity contribution in [1.29, 1.82) is 0 Å². The second kappa shape index (κ2) is 8.87. The van der Waals surface area contributed by atoms with Crippen LogP contribution in [-0.4, -0.2) is 42.2 Å². The molecule has 0 aromatic heterocycles. The van der Waals surface area contributed by atoms with Crippen LogP contribution in [0, 0.1) is 34.5 Å². The fraction of sp³-hybridized carbons (Fsp3) is 0.679. The van der Waals surface area contributed by atoms with Crippen LogP contribution < -0.4 is 14.8 Å². The van der Waals surface area contributed by atoms with Gasteiger partial charge in [0.25, 0.3) is 5.91 Å². The molecule has 3 saturated carbocycles. The van der Waals surface area contributed by atoms with Crippen molar-refractivity contribution in [2.24, 2.45) is 34.5 Å². The minimum Gasteiger partial charge on any atom is -0.454 e. The van der Waals surface area contributed by atoms with Gasteiger partial charge in [0.2, 0.25) is 6.79 Å².